The van der Waals surface area contributed by atoms with E-state index < -0.39 is 0 Å². The molecule has 1 fully saturated rings. The molecule has 0 spiro atoms. The van der Waals surface area contributed by atoms with Crippen LogP contribution < -0.4 is 0 Å². The molecule has 0 saturated carbocycles. The first-order valence-electron chi connectivity index (χ1n) is 6.06. The molecule has 0 aromatic rings. The van der Waals surface area contributed by atoms with Crippen molar-refractivity contribution in [2.75, 3.05) is 13.1 Å². The fraction of sp³-hybridized carbons (Fsp3) is 0.846. The quantitative estimate of drug-likeness (QED) is 0.479. The highest BCUT2D eigenvalue weighted by molar-refractivity contribution is 4.84. The number of hydrogen-bond acceptors (Lipinski definition) is 1. The van der Waals surface area contributed by atoms with Crippen molar-refractivity contribution >= 4 is 0 Å². The van der Waals surface area contributed by atoms with Gasteiger partial charge in [-0.2, -0.15) is 0 Å². The van der Waals surface area contributed by atoms with Crippen molar-refractivity contribution in [3.05, 3.63) is 0 Å². The van der Waals surface area contributed by atoms with Crippen LogP contribution in [0, 0.1) is 12.3 Å². The molecule has 1 aliphatic rings. The Hall–Kier alpha value is -0.480. The highest BCUT2D eigenvalue weighted by Crippen LogP contribution is 2.20. The average Bonchev–Trinajstić information content (AvgIpc) is 2.21. The van der Waals surface area contributed by atoms with E-state index in [1.54, 1.807) is 0 Å². The van der Waals surface area contributed by atoms with Crippen LogP contribution in [0.15, 0.2) is 0 Å². The predicted octanol–water partition coefficient (Wildman–Crippen LogP) is 3.05. The monoisotopic (exact) mass is 193 g/mol. The molecular formula is C13H23N. The molecule has 1 atom stereocenters. The Morgan fingerprint density at radius 3 is 3.00 bits per heavy atom. The average molecular weight is 193 g/mol. The Kier molecular flexibility index (Phi) is 5.71. The third kappa shape index (κ3) is 3.72. The zero-order valence-electron chi connectivity index (χ0n) is 9.47. The van der Waals surface area contributed by atoms with Gasteiger partial charge in [0.15, 0.2) is 0 Å². The lowest BCUT2D eigenvalue weighted by atomic mass is 9.98. The fourth-order valence-corrected chi connectivity index (χ4v) is 2.40. The molecule has 1 heterocycles. The standard InChI is InChI=1S/C13H23N/c1-3-5-7-11-14-12-8-6-10-13(14)9-4-2/h1,13H,4-12H2,2H3. The van der Waals surface area contributed by atoms with Gasteiger partial charge in [-0.25, -0.2) is 0 Å². The fourth-order valence-electron chi connectivity index (χ4n) is 2.40. The molecule has 0 amide bonds. The Bertz CT molecular complexity index is 178. The maximum Gasteiger partial charge on any atom is 0.00982 e. The molecule has 1 unspecified atom stereocenters. The van der Waals surface area contributed by atoms with Crippen molar-refractivity contribution in [1.82, 2.24) is 4.90 Å². The van der Waals surface area contributed by atoms with Gasteiger partial charge in [-0.15, -0.1) is 12.3 Å². The van der Waals surface area contributed by atoms with E-state index in [0.717, 1.165) is 12.5 Å². The van der Waals surface area contributed by atoms with E-state index >= 15 is 0 Å². The van der Waals surface area contributed by atoms with Gasteiger partial charge in [0.05, 0.1) is 0 Å². The van der Waals surface area contributed by atoms with Gasteiger partial charge in [0, 0.05) is 12.5 Å². The summed E-state index contributed by atoms with van der Waals surface area (Å²) in [6, 6.07) is 0.853. The van der Waals surface area contributed by atoms with E-state index in [4.69, 9.17) is 6.42 Å². The minimum absolute atomic E-state index is 0.853. The number of likely N-dealkylation sites (tertiary alicyclic amines) is 1. The van der Waals surface area contributed by atoms with Crippen LogP contribution in [-0.2, 0) is 0 Å². The zero-order valence-corrected chi connectivity index (χ0v) is 9.47. The van der Waals surface area contributed by atoms with Crippen LogP contribution >= 0.6 is 0 Å². The lowest BCUT2D eigenvalue weighted by Crippen LogP contribution is -2.39. The van der Waals surface area contributed by atoms with Gasteiger partial charge in [-0.1, -0.05) is 19.8 Å². The second kappa shape index (κ2) is 6.90. The van der Waals surface area contributed by atoms with Crippen molar-refractivity contribution < 1.29 is 0 Å². The first-order valence-corrected chi connectivity index (χ1v) is 6.06. The maximum atomic E-state index is 5.27. The van der Waals surface area contributed by atoms with E-state index in [1.807, 2.05) is 0 Å². The number of piperidine rings is 1. The van der Waals surface area contributed by atoms with Gasteiger partial charge in [-0.05, 0) is 38.8 Å². The van der Waals surface area contributed by atoms with Crippen molar-refractivity contribution in [3.63, 3.8) is 0 Å². The first kappa shape index (κ1) is 11.6. The van der Waals surface area contributed by atoms with Crippen LogP contribution in [0.25, 0.3) is 0 Å². The lowest BCUT2D eigenvalue weighted by molar-refractivity contribution is 0.138. The molecule has 0 aliphatic carbocycles. The third-order valence-corrected chi connectivity index (χ3v) is 3.14. The number of hydrogen-bond donors (Lipinski definition) is 0. The topological polar surface area (TPSA) is 3.24 Å². The second-order valence-electron chi connectivity index (χ2n) is 4.28. The molecule has 1 saturated heterocycles. The van der Waals surface area contributed by atoms with Crippen LogP contribution in [0.3, 0.4) is 0 Å². The maximum absolute atomic E-state index is 5.27. The summed E-state index contributed by atoms with van der Waals surface area (Å²) in [6.45, 7) is 4.80. The van der Waals surface area contributed by atoms with Gasteiger partial charge in [0.25, 0.3) is 0 Å². The van der Waals surface area contributed by atoms with Crippen molar-refractivity contribution in [3.8, 4) is 12.3 Å². The molecule has 1 heteroatoms. The number of unbranched alkanes of at least 4 members (excludes halogenated alkanes) is 1. The molecular weight excluding hydrogens is 170 g/mol. The van der Waals surface area contributed by atoms with Crippen molar-refractivity contribution in [2.24, 2.45) is 0 Å². The van der Waals surface area contributed by atoms with E-state index in [9.17, 15) is 0 Å². The number of terminal acetylenes is 1. The molecule has 1 rings (SSSR count). The normalized spacial score (nSPS) is 23.3. The smallest absolute Gasteiger partial charge is 0.00982 e. The Morgan fingerprint density at radius 2 is 2.29 bits per heavy atom. The molecule has 0 radical (unpaired) electrons. The molecule has 1 nitrogen and oxygen atoms in total. The van der Waals surface area contributed by atoms with Crippen molar-refractivity contribution in [1.29, 1.82) is 0 Å². The molecule has 14 heavy (non-hydrogen) atoms. The summed E-state index contributed by atoms with van der Waals surface area (Å²) in [7, 11) is 0. The van der Waals surface area contributed by atoms with Crippen LogP contribution in [0.5, 0.6) is 0 Å². The molecule has 0 bridgehead atoms. The number of rotatable bonds is 5. The van der Waals surface area contributed by atoms with Gasteiger partial charge in [0.1, 0.15) is 0 Å². The van der Waals surface area contributed by atoms with Crippen LogP contribution in [0.1, 0.15) is 51.9 Å². The zero-order chi connectivity index (χ0) is 10.2. The van der Waals surface area contributed by atoms with Gasteiger partial charge >= 0.3 is 0 Å². The van der Waals surface area contributed by atoms with E-state index in [-0.39, 0.29) is 0 Å². The summed E-state index contributed by atoms with van der Waals surface area (Å²) >= 11 is 0. The summed E-state index contributed by atoms with van der Waals surface area (Å²) in [5.74, 6) is 2.73. The SMILES string of the molecule is C#CCCCN1CCCCC1CCC. The van der Waals surface area contributed by atoms with E-state index in [2.05, 4.69) is 17.7 Å². The largest absolute Gasteiger partial charge is 0.300 e. The van der Waals surface area contributed by atoms with E-state index in [1.165, 1.54) is 51.6 Å². The minimum atomic E-state index is 0.853. The molecule has 80 valence electrons. The third-order valence-electron chi connectivity index (χ3n) is 3.14. The summed E-state index contributed by atoms with van der Waals surface area (Å²) in [6.07, 6.45) is 14.3. The van der Waals surface area contributed by atoms with Gasteiger partial charge < -0.3 is 4.90 Å². The number of nitrogens with zero attached hydrogens (tertiary/aromatic N) is 1. The summed E-state index contributed by atoms with van der Waals surface area (Å²) < 4.78 is 0. The Balaban J connectivity index is 2.27. The predicted molar refractivity (Wildman–Crippen MR) is 62.2 cm³/mol. The highest BCUT2D eigenvalue weighted by Gasteiger charge is 2.20. The first-order chi connectivity index (χ1) is 6.88. The Morgan fingerprint density at radius 1 is 1.43 bits per heavy atom. The summed E-state index contributed by atoms with van der Waals surface area (Å²) in [5, 5.41) is 0. The van der Waals surface area contributed by atoms with E-state index in [0.29, 0.717) is 0 Å². The summed E-state index contributed by atoms with van der Waals surface area (Å²) in [5.41, 5.74) is 0. The summed E-state index contributed by atoms with van der Waals surface area (Å²) in [4.78, 5) is 2.66. The van der Waals surface area contributed by atoms with Crippen LogP contribution in [-0.4, -0.2) is 24.0 Å². The second-order valence-corrected chi connectivity index (χ2v) is 4.28. The van der Waals surface area contributed by atoms with Crippen LogP contribution in [0.2, 0.25) is 0 Å². The van der Waals surface area contributed by atoms with Gasteiger partial charge in [0.2, 0.25) is 0 Å². The van der Waals surface area contributed by atoms with Gasteiger partial charge in [-0.3, -0.25) is 0 Å². The minimum Gasteiger partial charge on any atom is -0.300 e. The molecule has 0 aromatic carbocycles. The lowest BCUT2D eigenvalue weighted by Gasteiger charge is -2.35. The molecule has 0 aromatic heterocycles. The highest BCUT2D eigenvalue weighted by atomic mass is 15.2. The van der Waals surface area contributed by atoms with Crippen LogP contribution in [0.4, 0.5) is 0 Å². The molecule has 0 N–H and O–H groups in total. The molecule has 1 aliphatic heterocycles. The Labute approximate surface area is 88.9 Å². The van der Waals surface area contributed by atoms with Crippen molar-refractivity contribution in [2.45, 2.75) is 57.9 Å².